The number of fused-ring (bicyclic) bond motifs is 1. The summed E-state index contributed by atoms with van der Waals surface area (Å²) in [5.74, 6) is 0.735. The third-order valence-corrected chi connectivity index (χ3v) is 4.72. The second kappa shape index (κ2) is 9.27. The molecule has 0 saturated carbocycles. The van der Waals surface area contributed by atoms with Crippen molar-refractivity contribution in [2.24, 2.45) is 0 Å². The Morgan fingerprint density at radius 2 is 1.91 bits per heavy atom. The fourth-order valence-corrected chi connectivity index (χ4v) is 3.17. The quantitative estimate of drug-likeness (QED) is 0.180. The van der Waals surface area contributed by atoms with E-state index in [1.807, 2.05) is 12.1 Å². The van der Waals surface area contributed by atoms with Gasteiger partial charge in [-0.1, -0.05) is 17.7 Å². The van der Waals surface area contributed by atoms with Gasteiger partial charge in [0, 0.05) is 41.5 Å². The van der Waals surface area contributed by atoms with Crippen LogP contribution in [0.2, 0.25) is 5.02 Å². The molecular formula is C20H17ClN8O3. The average molecular weight is 453 g/mol. The molecule has 4 rings (SSSR count). The summed E-state index contributed by atoms with van der Waals surface area (Å²) in [7, 11) is 0. The number of aromatic nitrogens is 4. The maximum atomic E-state index is 12.2. The number of halogens is 1. The maximum absolute atomic E-state index is 12.2. The minimum atomic E-state index is -0.515. The molecule has 0 radical (unpaired) electrons. The molecule has 2 heterocycles. The molecule has 4 N–H and O–H groups in total. The highest BCUT2D eigenvalue weighted by atomic mass is 35.5. The van der Waals surface area contributed by atoms with Gasteiger partial charge in [0.15, 0.2) is 11.5 Å². The number of anilines is 3. The van der Waals surface area contributed by atoms with Crippen LogP contribution in [0, 0.1) is 10.1 Å². The zero-order valence-electron chi connectivity index (χ0n) is 16.5. The lowest BCUT2D eigenvalue weighted by Crippen LogP contribution is -2.28. The molecule has 11 nitrogen and oxygen atoms in total. The molecule has 0 aliphatic rings. The summed E-state index contributed by atoms with van der Waals surface area (Å²) in [5.41, 5.74) is 1.57. The van der Waals surface area contributed by atoms with E-state index in [1.165, 1.54) is 30.6 Å². The fourth-order valence-electron chi connectivity index (χ4n) is 2.98. The Hall–Kier alpha value is -4.25. The second-order valence-electron chi connectivity index (χ2n) is 6.64. The summed E-state index contributed by atoms with van der Waals surface area (Å²) in [6, 6.07) is 12.6. The number of H-pyrrole nitrogens is 1. The summed E-state index contributed by atoms with van der Waals surface area (Å²) in [5, 5.41) is 28.1. The standard InChI is InChI=1S/C20H17ClN8O3/c21-13-2-1-3-14(10-13)26-17-16-18(27-28-19(16)25-11-24-17)22-8-9-23-20(30)12-4-6-15(7-5-12)29(31)32/h1-7,10-11H,8-9H2,(H,23,30)(H3,22,24,25,26,27,28). The molecule has 1 amide bonds. The van der Waals surface area contributed by atoms with Crippen molar-refractivity contribution in [1.82, 2.24) is 25.5 Å². The Morgan fingerprint density at radius 3 is 2.66 bits per heavy atom. The number of benzene rings is 2. The number of nitrogens with one attached hydrogen (secondary N) is 4. The van der Waals surface area contributed by atoms with Gasteiger partial charge in [-0.3, -0.25) is 20.0 Å². The Kier molecular flexibility index (Phi) is 6.08. The van der Waals surface area contributed by atoms with Crippen LogP contribution in [-0.4, -0.2) is 44.1 Å². The molecule has 4 aromatic rings. The van der Waals surface area contributed by atoms with Crippen LogP contribution in [-0.2, 0) is 0 Å². The van der Waals surface area contributed by atoms with Gasteiger partial charge in [-0.25, -0.2) is 9.97 Å². The molecule has 0 unspecified atom stereocenters. The molecule has 0 aliphatic carbocycles. The highest BCUT2D eigenvalue weighted by Gasteiger charge is 2.14. The highest BCUT2D eigenvalue weighted by molar-refractivity contribution is 6.30. The number of hydrogen-bond acceptors (Lipinski definition) is 8. The Balaban J connectivity index is 1.39. The minimum absolute atomic E-state index is 0.0713. The summed E-state index contributed by atoms with van der Waals surface area (Å²) < 4.78 is 0. The van der Waals surface area contributed by atoms with Crippen LogP contribution >= 0.6 is 11.6 Å². The molecule has 12 heteroatoms. The number of carbonyl (C=O) groups is 1. The molecule has 2 aromatic carbocycles. The van der Waals surface area contributed by atoms with Gasteiger partial charge in [-0.05, 0) is 30.3 Å². The molecule has 0 spiro atoms. The first-order valence-electron chi connectivity index (χ1n) is 9.49. The number of rotatable bonds is 8. The lowest BCUT2D eigenvalue weighted by molar-refractivity contribution is -0.384. The first-order chi connectivity index (χ1) is 15.5. The van der Waals surface area contributed by atoms with E-state index in [2.05, 4.69) is 36.1 Å². The molecule has 32 heavy (non-hydrogen) atoms. The van der Waals surface area contributed by atoms with E-state index in [4.69, 9.17) is 11.6 Å². The van der Waals surface area contributed by atoms with Gasteiger partial charge in [-0.2, -0.15) is 5.10 Å². The van der Waals surface area contributed by atoms with Crippen molar-refractivity contribution in [2.45, 2.75) is 0 Å². The number of non-ortho nitro benzene ring substituents is 1. The van der Waals surface area contributed by atoms with Gasteiger partial charge in [-0.15, -0.1) is 0 Å². The number of nitro groups is 1. The Labute approximate surface area is 186 Å². The summed E-state index contributed by atoms with van der Waals surface area (Å²) in [6.45, 7) is 0.680. The summed E-state index contributed by atoms with van der Waals surface area (Å²) in [6.07, 6.45) is 1.42. The third kappa shape index (κ3) is 4.73. The van der Waals surface area contributed by atoms with Crippen LogP contribution in [0.5, 0.6) is 0 Å². The average Bonchev–Trinajstić information content (AvgIpc) is 3.21. The maximum Gasteiger partial charge on any atom is 0.269 e. The predicted molar refractivity (Wildman–Crippen MR) is 120 cm³/mol. The van der Waals surface area contributed by atoms with Gasteiger partial charge in [0.1, 0.15) is 17.5 Å². The second-order valence-corrected chi connectivity index (χ2v) is 7.08. The number of nitro benzene ring substituents is 1. The van der Waals surface area contributed by atoms with Crippen LogP contribution in [0.4, 0.5) is 23.0 Å². The molecule has 162 valence electrons. The smallest absolute Gasteiger partial charge is 0.269 e. The van der Waals surface area contributed by atoms with Crippen molar-refractivity contribution in [3.63, 3.8) is 0 Å². The van der Waals surface area contributed by atoms with Crippen LogP contribution < -0.4 is 16.0 Å². The van der Waals surface area contributed by atoms with Crippen molar-refractivity contribution in [2.75, 3.05) is 23.7 Å². The predicted octanol–water partition coefficient (Wildman–Crippen LogP) is 3.50. The SMILES string of the molecule is O=C(NCCNc1n[nH]c2ncnc(Nc3cccc(Cl)c3)c12)c1ccc([N+](=O)[O-])cc1. The van der Waals surface area contributed by atoms with Crippen LogP contribution in [0.15, 0.2) is 54.9 Å². The molecule has 0 bridgehead atoms. The fraction of sp³-hybridized carbons (Fsp3) is 0.100. The minimum Gasteiger partial charge on any atom is -0.366 e. The number of nitrogens with zero attached hydrogens (tertiary/aromatic N) is 4. The normalized spacial score (nSPS) is 10.7. The van der Waals surface area contributed by atoms with Gasteiger partial charge < -0.3 is 16.0 Å². The van der Waals surface area contributed by atoms with Crippen molar-refractivity contribution in [1.29, 1.82) is 0 Å². The molecule has 2 aromatic heterocycles. The Bertz CT molecular complexity index is 1280. The van der Waals surface area contributed by atoms with Gasteiger partial charge >= 0.3 is 0 Å². The zero-order chi connectivity index (χ0) is 22.5. The van der Waals surface area contributed by atoms with Crippen molar-refractivity contribution >= 4 is 51.6 Å². The van der Waals surface area contributed by atoms with E-state index >= 15 is 0 Å². The van der Waals surface area contributed by atoms with Gasteiger partial charge in [0.2, 0.25) is 0 Å². The lowest BCUT2D eigenvalue weighted by Gasteiger charge is -2.09. The number of hydrogen-bond donors (Lipinski definition) is 4. The number of carbonyl (C=O) groups excluding carboxylic acids is 1. The van der Waals surface area contributed by atoms with Crippen molar-refractivity contribution in [3.05, 3.63) is 75.6 Å². The van der Waals surface area contributed by atoms with E-state index in [-0.39, 0.29) is 11.6 Å². The monoisotopic (exact) mass is 452 g/mol. The Morgan fingerprint density at radius 1 is 1.09 bits per heavy atom. The molecular weight excluding hydrogens is 436 g/mol. The van der Waals surface area contributed by atoms with Gasteiger partial charge in [0.05, 0.1) is 4.92 Å². The van der Waals surface area contributed by atoms with Crippen LogP contribution in [0.1, 0.15) is 10.4 Å². The van der Waals surface area contributed by atoms with E-state index in [0.717, 1.165) is 5.69 Å². The van der Waals surface area contributed by atoms with E-state index in [1.54, 1.807) is 12.1 Å². The topological polar surface area (TPSA) is 151 Å². The molecule has 0 aliphatic heterocycles. The first kappa shape index (κ1) is 21.0. The molecule has 0 fully saturated rings. The van der Waals surface area contributed by atoms with Crippen molar-refractivity contribution < 1.29 is 9.72 Å². The van der Waals surface area contributed by atoms with Crippen LogP contribution in [0.25, 0.3) is 11.0 Å². The largest absolute Gasteiger partial charge is 0.366 e. The van der Waals surface area contributed by atoms with E-state index in [9.17, 15) is 14.9 Å². The van der Waals surface area contributed by atoms with Crippen molar-refractivity contribution in [3.8, 4) is 0 Å². The summed E-state index contributed by atoms with van der Waals surface area (Å²) in [4.78, 5) is 30.9. The summed E-state index contributed by atoms with van der Waals surface area (Å²) >= 11 is 6.05. The number of amides is 1. The lowest BCUT2D eigenvalue weighted by atomic mass is 10.2. The third-order valence-electron chi connectivity index (χ3n) is 4.49. The molecule has 0 saturated heterocycles. The van der Waals surface area contributed by atoms with Gasteiger partial charge in [0.25, 0.3) is 11.6 Å². The first-order valence-corrected chi connectivity index (χ1v) is 9.87. The van der Waals surface area contributed by atoms with Crippen LogP contribution in [0.3, 0.4) is 0 Å². The van der Waals surface area contributed by atoms with E-state index in [0.29, 0.717) is 46.3 Å². The number of aromatic amines is 1. The highest BCUT2D eigenvalue weighted by Crippen LogP contribution is 2.28. The zero-order valence-corrected chi connectivity index (χ0v) is 17.3. The molecule has 0 atom stereocenters. The van der Waals surface area contributed by atoms with E-state index < -0.39 is 4.92 Å².